The van der Waals surface area contributed by atoms with Crippen LogP contribution in [-0.2, 0) is 6.54 Å². The van der Waals surface area contributed by atoms with Crippen molar-refractivity contribution in [3.8, 4) is 0 Å². The smallest absolute Gasteiger partial charge is 0.254 e. The molecule has 0 atom stereocenters. The molecule has 0 heterocycles. The molecule has 1 aliphatic rings. The van der Waals surface area contributed by atoms with Crippen molar-refractivity contribution < 1.29 is 4.79 Å². The lowest BCUT2D eigenvalue weighted by molar-refractivity contribution is 0.0752. The number of benzene rings is 2. The number of nitrogens with one attached hydrogen (secondary N) is 1. The first-order valence-corrected chi connectivity index (χ1v) is 8.38. The molecule has 3 heteroatoms. The second-order valence-corrected chi connectivity index (χ2v) is 6.24. The molecular weight excluding hydrogens is 284 g/mol. The maximum Gasteiger partial charge on any atom is 0.254 e. The number of carbonyl (C=O) groups excluding carboxylic acids is 1. The van der Waals surface area contributed by atoms with Crippen LogP contribution in [0.2, 0.25) is 0 Å². The van der Waals surface area contributed by atoms with Gasteiger partial charge in [-0.3, -0.25) is 4.79 Å². The standard InChI is InChI=1S/C20H24N2O/c1-3-22(19-12-13-19)20(23)17-8-6-16(7-9-17)14-21-18-10-4-15(2)5-11-18/h4-11,19,21H,3,12-14H2,1-2H3. The fourth-order valence-corrected chi connectivity index (χ4v) is 2.76. The summed E-state index contributed by atoms with van der Waals surface area (Å²) in [5.41, 5.74) is 4.34. The molecule has 1 saturated carbocycles. The van der Waals surface area contributed by atoms with Gasteiger partial charge in [0.05, 0.1) is 0 Å². The third-order valence-electron chi connectivity index (χ3n) is 4.34. The van der Waals surface area contributed by atoms with Gasteiger partial charge in [0.2, 0.25) is 0 Å². The van der Waals surface area contributed by atoms with Crippen molar-refractivity contribution in [2.45, 2.75) is 39.3 Å². The monoisotopic (exact) mass is 308 g/mol. The fraction of sp³-hybridized carbons (Fsp3) is 0.350. The number of hydrogen-bond donors (Lipinski definition) is 1. The number of anilines is 1. The lowest BCUT2D eigenvalue weighted by Gasteiger charge is -2.20. The molecule has 1 amide bonds. The molecule has 1 fully saturated rings. The third kappa shape index (κ3) is 3.92. The minimum absolute atomic E-state index is 0.160. The molecule has 0 bridgehead atoms. The van der Waals surface area contributed by atoms with Crippen molar-refractivity contribution in [3.63, 3.8) is 0 Å². The van der Waals surface area contributed by atoms with E-state index in [1.807, 2.05) is 29.2 Å². The largest absolute Gasteiger partial charge is 0.381 e. The van der Waals surface area contributed by atoms with Gasteiger partial charge in [-0.15, -0.1) is 0 Å². The predicted octanol–water partition coefficient (Wildman–Crippen LogP) is 4.23. The first kappa shape index (κ1) is 15.6. The van der Waals surface area contributed by atoms with Gasteiger partial charge in [-0.25, -0.2) is 0 Å². The number of nitrogens with zero attached hydrogens (tertiary/aromatic N) is 1. The number of amides is 1. The summed E-state index contributed by atoms with van der Waals surface area (Å²) in [5.74, 6) is 0.160. The Kier molecular flexibility index (Phi) is 4.65. The van der Waals surface area contributed by atoms with Gasteiger partial charge in [-0.05, 0) is 56.5 Å². The molecule has 3 nitrogen and oxygen atoms in total. The molecular formula is C20H24N2O. The van der Waals surface area contributed by atoms with Crippen LogP contribution in [0.1, 0.15) is 41.3 Å². The van der Waals surface area contributed by atoms with Gasteiger partial charge >= 0.3 is 0 Å². The summed E-state index contributed by atoms with van der Waals surface area (Å²) in [7, 11) is 0. The lowest BCUT2D eigenvalue weighted by atomic mass is 10.1. The Labute approximate surface area is 138 Å². The van der Waals surface area contributed by atoms with Crippen LogP contribution in [0.15, 0.2) is 48.5 Å². The van der Waals surface area contributed by atoms with Crippen molar-refractivity contribution >= 4 is 11.6 Å². The normalized spacial score (nSPS) is 13.7. The van der Waals surface area contributed by atoms with Gasteiger partial charge in [-0.1, -0.05) is 29.8 Å². The van der Waals surface area contributed by atoms with Crippen LogP contribution in [-0.4, -0.2) is 23.4 Å². The molecule has 0 aromatic heterocycles. The van der Waals surface area contributed by atoms with Crippen LogP contribution in [0.5, 0.6) is 0 Å². The highest BCUT2D eigenvalue weighted by atomic mass is 16.2. The van der Waals surface area contributed by atoms with E-state index in [4.69, 9.17) is 0 Å². The van der Waals surface area contributed by atoms with E-state index in [1.54, 1.807) is 0 Å². The summed E-state index contributed by atoms with van der Waals surface area (Å²) in [4.78, 5) is 14.5. The van der Waals surface area contributed by atoms with Crippen LogP contribution in [0.25, 0.3) is 0 Å². The Hall–Kier alpha value is -2.29. The van der Waals surface area contributed by atoms with Crippen molar-refractivity contribution in [1.82, 2.24) is 4.90 Å². The topological polar surface area (TPSA) is 32.3 Å². The van der Waals surface area contributed by atoms with Gasteiger partial charge < -0.3 is 10.2 Å². The predicted molar refractivity (Wildman–Crippen MR) is 94.7 cm³/mol. The molecule has 23 heavy (non-hydrogen) atoms. The Morgan fingerprint density at radius 1 is 1.09 bits per heavy atom. The van der Waals surface area contributed by atoms with Crippen LogP contribution in [0.3, 0.4) is 0 Å². The summed E-state index contributed by atoms with van der Waals surface area (Å²) in [6, 6.07) is 16.8. The van der Waals surface area contributed by atoms with Gasteiger partial charge in [0.1, 0.15) is 0 Å². The Bertz CT molecular complexity index is 657. The van der Waals surface area contributed by atoms with Gasteiger partial charge in [0, 0.05) is 30.4 Å². The SMILES string of the molecule is CCN(C(=O)c1ccc(CNc2ccc(C)cc2)cc1)C1CC1. The lowest BCUT2D eigenvalue weighted by Crippen LogP contribution is -2.32. The zero-order valence-electron chi connectivity index (χ0n) is 13.9. The quantitative estimate of drug-likeness (QED) is 0.866. The molecule has 120 valence electrons. The van der Waals surface area contributed by atoms with Crippen LogP contribution < -0.4 is 5.32 Å². The number of hydrogen-bond acceptors (Lipinski definition) is 2. The van der Waals surface area contributed by atoms with Crippen LogP contribution in [0, 0.1) is 6.92 Å². The fourth-order valence-electron chi connectivity index (χ4n) is 2.76. The summed E-state index contributed by atoms with van der Waals surface area (Å²) in [6.45, 7) is 5.69. The van der Waals surface area contributed by atoms with E-state index in [-0.39, 0.29) is 5.91 Å². The highest BCUT2D eigenvalue weighted by Crippen LogP contribution is 2.28. The summed E-state index contributed by atoms with van der Waals surface area (Å²) in [5, 5.41) is 3.40. The van der Waals surface area contributed by atoms with Crippen LogP contribution >= 0.6 is 0 Å². The van der Waals surface area contributed by atoms with Gasteiger partial charge in [-0.2, -0.15) is 0 Å². The molecule has 0 spiro atoms. The highest BCUT2D eigenvalue weighted by molar-refractivity contribution is 5.94. The van der Waals surface area contributed by atoms with Crippen molar-refractivity contribution in [1.29, 1.82) is 0 Å². The molecule has 2 aromatic rings. The second kappa shape index (κ2) is 6.86. The number of carbonyl (C=O) groups is 1. The van der Waals surface area contributed by atoms with E-state index in [2.05, 4.69) is 43.4 Å². The van der Waals surface area contributed by atoms with E-state index in [0.29, 0.717) is 6.04 Å². The first-order valence-electron chi connectivity index (χ1n) is 8.38. The summed E-state index contributed by atoms with van der Waals surface area (Å²) < 4.78 is 0. The molecule has 0 saturated heterocycles. The van der Waals surface area contributed by atoms with E-state index < -0.39 is 0 Å². The van der Waals surface area contributed by atoms with Crippen molar-refractivity contribution in [2.24, 2.45) is 0 Å². The third-order valence-corrected chi connectivity index (χ3v) is 4.34. The molecule has 0 aliphatic heterocycles. The molecule has 1 N–H and O–H groups in total. The minimum Gasteiger partial charge on any atom is -0.381 e. The number of rotatable bonds is 6. The Morgan fingerprint density at radius 2 is 1.74 bits per heavy atom. The first-order chi connectivity index (χ1) is 11.2. The Morgan fingerprint density at radius 3 is 2.30 bits per heavy atom. The summed E-state index contributed by atoms with van der Waals surface area (Å²) in [6.07, 6.45) is 2.30. The number of aryl methyl sites for hydroxylation is 1. The van der Waals surface area contributed by atoms with Crippen molar-refractivity contribution in [2.75, 3.05) is 11.9 Å². The molecule has 3 rings (SSSR count). The molecule has 0 unspecified atom stereocenters. The average molecular weight is 308 g/mol. The molecule has 0 radical (unpaired) electrons. The van der Waals surface area contributed by atoms with Crippen molar-refractivity contribution in [3.05, 3.63) is 65.2 Å². The van der Waals surface area contributed by atoms with E-state index in [1.165, 1.54) is 11.1 Å². The maximum absolute atomic E-state index is 12.5. The van der Waals surface area contributed by atoms with Gasteiger partial charge in [0.15, 0.2) is 0 Å². The summed E-state index contributed by atoms with van der Waals surface area (Å²) >= 11 is 0. The van der Waals surface area contributed by atoms with E-state index >= 15 is 0 Å². The minimum atomic E-state index is 0.160. The maximum atomic E-state index is 12.5. The van der Waals surface area contributed by atoms with Crippen LogP contribution in [0.4, 0.5) is 5.69 Å². The van der Waals surface area contributed by atoms with E-state index in [0.717, 1.165) is 37.2 Å². The van der Waals surface area contributed by atoms with Gasteiger partial charge in [0.25, 0.3) is 5.91 Å². The second-order valence-electron chi connectivity index (χ2n) is 6.24. The van der Waals surface area contributed by atoms with E-state index in [9.17, 15) is 4.79 Å². The zero-order valence-corrected chi connectivity index (χ0v) is 13.9. The zero-order chi connectivity index (χ0) is 16.2. The Balaban J connectivity index is 1.60. The molecule has 2 aromatic carbocycles. The molecule has 1 aliphatic carbocycles. The average Bonchev–Trinajstić information content (AvgIpc) is 3.40. The highest BCUT2D eigenvalue weighted by Gasteiger charge is 2.31.